The number of ether oxygens (including phenoxy) is 1. The summed E-state index contributed by atoms with van der Waals surface area (Å²) < 4.78 is 18.6. The van der Waals surface area contributed by atoms with Crippen LogP contribution in [-0.4, -0.2) is 18.0 Å². The van der Waals surface area contributed by atoms with E-state index >= 15 is 0 Å². The van der Waals surface area contributed by atoms with E-state index in [4.69, 9.17) is 4.74 Å². The van der Waals surface area contributed by atoms with Crippen LogP contribution in [0, 0.1) is 12.7 Å². The van der Waals surface area contributed by atoms with Crippen LogP contribution in [0.1, 0.15) is 21.6 Å². The van der Waals surface area contributed by atoms with Gasteiger partial charge in [-0.05, 0) is 48.9 Å². The third-order valence-electron chi connectivity index (χ3n) is 3.76. The minimum atomic E-state index is -0.391. The number of nitrogens with zero attached hydrogens (tertiary/aromatic N) is 1. The molecule has 2 aromatic carbocycles. The highest BCUT2D eigenvalue weighted by Gasteiger charge is 2.12. The van der Waals surface area contributed by atoms with Gasteiger partial charge in [-0.15, -0.1) is 0 Å². The van der Waals surface area contributed by atoms with E-state index in [9.17, 15) is 9.18 Å². The third-order valence-corrected chi connectivity index (χ3v) is 3.76. The van der Waals surface area contributed by atoms with Crippen molar-refractivity contribution in [1.82, 2.24) is 10.3 Å². The van der Waals surface area contributed by atoms with E-state index in [-0.39, 0.29) is 5.91 Å². The topological polar surface area (TPSA) is 51.2 Å². The highest BCUT2D eigenvalue weighted by molar-refractivity contribution is 6.06. The van der Waals surface area contributed by atoms with Crippen molar-refractivity contribution in [3.05, 3.63) is 71.2 Å². The first-order valence-corrected chi connectivity index (χ1v) is 7.55. The van der Waals surface area contributed by atoms with Crippen LogP contribution in [0.4, 0.5) is 4.39 Å². The number of aromatic nitrogens is 1. The predicted octanol–water partition coefficient (Wildman–Crippen LogP) is 3.62. The number of aryl methyl sites for hydroxylation is 1. The molecule has 0 spiro atoms. The molecular formula is C19H17FN2O2. The Balaban J connectivity index is 1.84. The summed E-state index contributed by atoms with van der Waals surface area (Å²) in [4.78, 5) is 16.9. The summed E-state index contributed by atoms with van der Waals surface area (Å²) in [6, 6.07) is 13.4. The maximum absolute atomic E-state index is 13.5. The standard InChI is InChI=1S/C19H17FN2O2/c1-12-9-17(16-10-14(20)5-8-18(16)22-12)19(23)21-11-13-3-6-15(24-2)7-4-13/h3-10H,11H2,1-2H3,(H,21,23). The molecule has 0 radical (unpaired) electrons. The van der Waals surface area contributed by atoms with Gasteiger partial charge in [-0.2, -0.15) is 0 Å². The highest BCUT2D eigenvalue weighted by Crippen LogP contribution is 2.20. The highest BCUT2D eigenvalue weighted by atomic mass is 19.1. The summed E-state index contributed by atoms with van der Waals surface area (Å²) in [6.45, 7) is 2.18. The van der Waals surface area contributed by atoms with Gasteiger partial charge in [-0.3, -0.25) is 9.78 Å². The molecule has 122 valence electrons. The second-order valence-electron chi connectivity index (χ2n) is 5.50. The van der Waals surface area contributed by atoms with Gasteiger partial charge in [0.2, 0.25) is 0 Å². The van der Waals surface area contributed by atoms with Gasteiger partial charge >= 0.3 is 0 Å². The number of nitrogens with one attached hydrogen (secondary N) is 1. The number of benzene rings is 2. The first-order valence-electron chi connectivity index (χ1n) is 7.55. The molecule has 0 aliphatic carbocycles. The Hall–Kier alpha value is -2.95. The Morgan fingerprint density at radius 2 is 1.92 bits per heavy atom. The fraction of sp³-hybridized carbons (Fsp3) is 0.158. The zero-order valence-electron chi connectivity index (χ0n) is 13.5. The number of fused-ring (bicyclic) bond motifs is 1. The molecule has 24 heavy (non-hydrogen) atoms. The van der Waals surface area contributed by atoms with Gasteiger partial charge in [-0.1, -0.05) is 12.1 Å². The Morgan fingerprint density at radius 1 is 1.17 bits per heavy atom. The molecule has 0 fully saturated rings. The average Bonchev–Trinajstić information content (AvgIpc) is 2.59. The predicted molar refractivity (Wildman–Crippen MR) is 90.6 cm³/mol. The molecule has 1 aromatic heterocycles. The van der Waals surface area contributed by atoms with E-state index in [1.165, 1.54) is 12.1 Å². The maximum atomic E-state index is 13.5. The van der Waals surface area contributed by atoms with E-state index in [0.29, 0.717) is 28.7 Å². The van der Waals surface area contributed by atoms with E-state index in [1.54, 1.807) is 19.2 Å². The molecular weight excluding hydrogens is 307 g/mol. The third kappa shape index (κ3) is 3.35. The summed E-state index contributed by atoms with van der Waals surface area (Å²) in [5.74, 6) is 0.112. The van der Waals surface area contributed by atoms with Gasteiger partial charge in [0.25, 0.3) is 5.91 Å². The molecule has 1 amide bonds. The summed E-state index contributed by atoms with van der Waals surface area (Å²) in [7, 11) is 1.60. The van der Waals surface area contributed by atoms with Crippen molar-refractivity contribution in [2.75, 3.05) is 7.11 Å². The summed E-state index contributed by atoms with van der Waals surface area (Å²) >= 11 is 0. The Bertz CT molecular complexity index is 892. The van der Waals surface area contributed by atoms with E-state index in [0.717, 1.165) is 11.3 Å². The van der Waals surface area contributed by atoms with Crippen molar-refractivity contribution >= 4 is 16.8 Å². The molecule has 4 nitrogen and oxygen atoms in total. The number of hydrogen-bond acceptors (Lipinski definition) is 3. The maximum Gasteiger partial charge on any atom is 0.252 e. The summed E-state index contributed by atoms with van der Waals surface area (Å²) in [5.41, 5.74) is 2.69. The fourth-order valence-electron chi connectivity index (χ4n) is 2.54. The van der Waals surface area contributed by atoms with Crippen LogP contribution < -0.4 is 10.1 Å². The van der Waals surface area contributed by atoms with Gasteiger partial charge in [0.1, 0.15) is 11.6 Å². The van der Waals surface area contributed by atoms with Crippen LogP contribution >= 0.6 is 0 Å². The number of hydrogen-bond donors (Lipinski definition) is 1. The van der Waals surface area contributed by atoms with E-state index in [1.807, 2.05) is 31.2 Å². The first kappa shape index (κ1) is 15.9. The molecule has 1 heterocycles. The number of carbonyl (C=O) groups excluding carboxylic acids is 1. The van der Waals surface area contributed by atoms with Crippen LogP contribution in [0.15, 0.2) is 48.5 Å². The zero-order chi connectivity index (χ0) is 17.1. The fourth-order valence-corrected chi connectivity index (χ4v) is 2.54. The average molecular weight is 324 g/mol. The van der Waals surface area contributed by atoms with Gasteiger partial charge in [-0.25, -0.2) is 4.39 Å². The molecule has 0 saturated carbocycles. The minimum absolute atomic E-state index is 0.257. The zero-order valence-corrected chi connectivity index (χ0v) is 13.5. The number of halogens is 1. The van der Waals surface area contributed by atoms with Crippen molar-refractivity contribution in [2.24, 2.45) is 0 Å². The van der Waals surface area contributed by atoms with Gasteiger partial charge in [0.05, 0.1) is 18.2 Å². The Morgan fingerprint density at radius 3 is 2.62 bits per heavy atom. The molecule has 0 aliphatic heterocycles. The number of pyridine rings is 1. The lowest BCUT2D eigenvalue weighted by Gasteiger charge is -2.10. The van der Waals surface area contributed by atoms with Crippen LogP contribution in [-0.2, 0) is 6.54 Å². The van der Waals surface area contributed by atoms with Crippen molar-refractivity contribution in [3.63, 3.8) is 0 Å². The lowest BCUT2D eigenvalue weighted by Crippen LogP contribution is -2.23. The van der Waals surface area contributed by atoms with Gasteiger partial charge < -0.3 is 10.1 Å². The largest absolute Gasteiger partial charge is 0.497 e. The monoisotopic (exact) mass is 324 g/mol. The lowest BCUT2D eigenvalue weighted by atomic mass is 10.1. The Labute approximate surface area is 139 Å². The van der Waals surface area contributed by atoms with E-state index in [2.05, 4.69) is 10.3 Å². The second kappa shape index (κ2) is 6.66. The Kier molecular flexibility index (Phi) is 4.42. The van der Waals surface area contributed by atoms with Crippen LogP contribution in [0.25, 0.3) is 10.9 Å². The van der Waals surface area contributed by atoms with Crippen LogP contribution in [0.5, 0.6) is 5.75 Å². The molecule has 0 unspecified atom stereocenters. The molecule has 0 atom stereocenters. The molecule has 3 aromatic rings. The number of methoxy groups -OCH3 is 1. The molecule has 3 rings (SSSR count). The SMILES string of the molecule is COc1ccc(CNC(=O)c2cc(C)nc3ccc(F)cc23)cc1. The van der Waals surface area contributed by atoms with Crippen molar-refractivity contribution in [2.45, 2.75) is 13.5 Å². The molecule has 0 bridgehead atoms. The smallest absolute Gasteiger partial charge is 0.252 e. The normalized spacial score (nSPS) is 10.6. The lowest BCUT2D eigenvalue weighted by molar-refractivity contribution is 0.0952. The van der Waals surface area contributed by atoms with Gasteiger partial charge in [0.15, 0.2) is 0 Å². The summed E-state index contributed by atoms with van der Waals surface area (Å²) in [5, 5.41) is 3.37. The van der Waals surface area contributed by atoms with Crippen LogP contribution in [0.3, 0.4) is 0 Å². The quantitative estimate of drug-likeness (QED) is 0.797. The number of amides is 1. The second-order valence-corrected chi connectivity index (χ2v) is 5.50. The first-order chi connectivity index (χ1) is 11.6. The van der Waals surface area contributed by atoms with Crippen molar-refractivity contribution in [1.29, 1.82) is 0 Å². The van der Waals surface area contributed by atoms with Crippen molar-refractivity contribution < 1.29 is 13.9 Å². The molecule has 5 heteroatoms. The van der Waals surface area contributed by atoms with Crippen molar-refractivity contribution in [3.8, 4) is 5.75 Å². The van der Waals surface area contributed by atoms with E-state index < -0.39 is 5.82 Å². The number of carbonyl (C=O) groups is 1. The van der Waals surface area contributed by atoms with Gasteiger partial charge in [0, 0.05) is 17.6 Å². The molecule has 0 aliphatic rings. The minimum Gasteiger partial charge on any atom is -0.497 e. The number of rotatable bonds is 4. The molecule has 0 saturated heterocycles. The summed E-state index contributed by atoms with van der Waals surface area (Å²) in [6.07, 6.45) is 0. The molecule has 1 N–H and O–H groups in total. The van der Waals surface area contributed by atoms with Crippen LogP contribution in [0.2, 0.25) is 0 Å².